The Hall–Kier alpha value is -2.45. The van der Waals surface area contributed by atoms with Gasteiger partial charge in [0, 0.05) is 33.3 Å². The van der Waals surface area contributed by atoms with Crippen LogP contribution in [-0.2, 0) is 9.59 Å². The third-order valence-electron chi connectivity index (χ3n) is 3.96. The zero-order valence-corrected chi connectivity index (χ0v) is 13.9. The minimum absolute atomic E-state index is 0.165. The first kappa shape index (κ1) is 17.9. The van der Waals surface area contributed by atoms with Crippen molar-refractivity contribution in [2.75, 3.05) is 37.0 Å². The van der Waals surface area contributed by atoms with Gasteiger partial charge < -0.3 is 20.2 Å². The van der Waals surface area contributed by atoms with Crippen LogP contribution in [0, 0.1) is 5.92 Å². The molecule has 2 heterocycles. The Balaban J connectivity index is 2.07. The van der Waals surface area contributed by atoms with Crippen molar-refractivity contribution in [3.8, 4) is 0 Å². The Morgan fingerprint density at radius 3 is 2.88 bits per heavy atom. The lowest BCUT2D eigenvalue weighted by molar-refractivity contribution is -0.146. The number of anilines is 2. The Morgan fingerprint density at radius 2 is 2.25 bits per heavy atom. The number of carbonyl (C=O) groups excluding carboxylic acids is 1. The van der Waals surface area contributed by atoms with Gasteiger partial charge in [-0.2, -0.15) is 4.98 Å². The maximum atomic E-state index is 13.9. The fraction of sp³-hybridized carbons (Fsp3) is 0.600. The fourth-order valence-electron chi connectivity index (χ4n) is 2.53. The molecule has 0 spiro atoms. The number of hydrogen-bond acceptors (Lipinski definition) is 6. The van der Waals surface area contributed by atoms with Gasteiger partial charge in [0.2, 0.25) is 11.9 Å². The number of carbonyl (C=O) groups is 2. The van der Waals surface area contributed by atoms with Gasteiger partial charge in [-0.25, -0.2) is 9.37 Å². The summed E-state index contributed by atoms with van der Waals surface area (Å²) in [5.41, 5.74) is 0. The minimum Gasteiger partial charge on any atom is -0.481 e. The second-order valence-electron chi connectivity index (χ2n) is 6.05. The number of hydrogen-bond donors (Lipinski definition) is 2. The number of rotatable bonds is 6. The second kappa shape index (κ2) is 7.41. The molecule has 0 bridgehead atoms. The third-order valence-corrected chi connectivity index (χ3v) is 3.96. The summed E-state index contributed by atoms with van der Waals surface area (Å²) < 4.78 is 13.9. The van der Waals surface area contributed by atoms with Crippen LogP contribution in [0.3, 0.4) is 0 Å². The van der Waals surface area contributed by atoms with Crippen molar-refractivity contribution in [1.82, 2.24) is 15.3 Å². The van der Waals surface area contributed by atoms with Crippen molar-refractivity contribution in [3.05, 3.63) is 12.3 Å². The third kappa shape index (κ3) is 4.09. The number of nitrogens with one attached hydrogen (secondary N) is 1. The van der Waals surface area contributed by atoms with Crippen LogP contribution in [0.4, 0.5) is 16.2 Å². The van der Waals surface area contributed by atoms with Crippen molar-refractivity contribution in [2.45, 2.75) is 25.6 Å². The first-order valence-corrected chi connectivity index (χ1v) is 7.71. The lowest BCUT2D eigenvalue weighted by Crippen LogP contribution is -2.43. The van der Waals surface area contributed by atoms with Crippen molar-refractivity contribution in [3.63, 3.8) is 0 Å². The predicted molar refractivity (Wildman–Crippen MR) is 86.8 cm³/mol. The van der Waals surface area contributed by atoms with Gasteiger partial charge in [0.15, 0.2) is 0 Å². The first-order chi connectivity index (χ1) is 11.3. The van der Waals surface area contributed by atoms with Gasteiger partial charge in [-0.3, -0.25) is 9.59 Å². The molecule has 1 fully saturated rings. The van der Waals surface area contributed by atoms with E-state index in [4.69, 9.17) is 5.11 Å². The molecule has 8 nitrogen and oxygen atoms in total. The Morgan fingerprint density at radius 1 is 1.54 bits per heavy atom. The lowest BCUT2D eigenvalue weighted by atomic mass is 10.1. The summed E-state index contributed by atoms with van der Waals surface area (Å²) in [6.45, 7) is 1.66. The average Bonchev–Trinajstić information content (AvgIpc) is 2.92. The van der Waals surface area contributed by atoms with Crippen LogP contribution in [0.1, 0.15) is 13.3 Å². The zero-order valence-electron chi connectivity index (χ0n) is 13.9. The van der Waals surface area contributed by atoms with Gasteiger partial charge in [0.1, 0.15) is 17.9 Å². The maximum absolute atomic E-state index is 13.9. The number of halogens is 1. The molecular weight excluding hydrogens is 317 g/mol. The molecule has 2 rings (SSSR count). The van der Waals surface area contributed by atoms with Crippen molar-refractivity contribution < 1.29 is 19.1 Å². The largest absolute Gasteiger partial charge is 0.481 e. The van der Waals surface area contributed by atoms with Crippen LogP contribution < -0.4 is 15.1 Å². The highest BCUT2D eigenvalue weighted by molar-refractivity contribution is 5.96. The maximum Gasteiger partial charge on any atom is 0.315 e. The SMILES string of the molecule is CC(C(=O)O)C(=O)NC[C@@H]1C[C@H](F)CN1c1ccnc(N(C)C)n1. The van der Waals surface area contributed by atoms with E-state index in [0.717, 1.165) is 0 Å². The second-order valence-corrected chi connectivity index (χ2v) is 6.05. The Kier molecular flexibility index (Phi) is 5.53. The van der Waals surface area contributed by atoms with Gasteiger partial charge in [-0.15, -0.1) is 0 Å². The number of nitrogens with zero attached hydrogens (tertiary/aromatic N) is 4. The van der Waals surface area contributed by atoms with Crippen LogP contribution in [0.15, 0.2) is 12.3 Å². The molecule has 0 radical (unpaired) electrons. The van der Waals surface area contributed by atoms with E-state index in [9.17, 15) is 14.0 Å². The van der Waals surface area contributed by atoms with Crippen LogP contribution >= 0.6 is 0 Å². The van der Waals surface area contributed by atoms with E-state index in [1.165, 1.54) is 6.92 Å². The summed E-state index contributed by atoms with van der Waals surface area (Å²) in [6.07, 6.45) is 0.829. The highest BCUT2D eigenvalue weighted by Crippen LogP contribution is 2.26. The number of aromatic nitrogens is 2. The van der Waals surface area contributed by atoms with Gasteiger partial charge in [0.05, 0.1) is 12.6 Å². The molecule has 1 aliphatic rings. The first-order valence-electron chi connectivity index (χ1n) is 7.71. The fourth-order valence-corrected chi connectivity index (χ4v) is 2.53. The number of alkyl halides is 1. The molecule has 0 aromatic carbocycles. The monoisotopic (exact) mass is 339 g/mol. The molecule has 0 saturated carbocycles. The summed E-state index contributed by atoms with van der Waals surface area (Å²) in [6, 6.07) is 1.41. The van der Waals surface area contributed by atoms with E-state index in [2.05, 4.69) is 15.3 Å². The van der Waals surface area contributed by atoms with Crippen LogP contribution in [0.25, 0.3) is 0 Å². The molecule has 1 aromatic rings. The summed E-state index contributed by atoms with van der Waals surface area (Å²) in [5.74, 6) is -1.82. The molecule has 1 amide bonds. The molecule has 2 N–H and O–H groups in total. The Labute approximate surface area is 139 Å². The molecule has 1 unspecified atom stereocenters. The molecule has 1 saturated heterocycles. The molecular formula is C15H22FN5O3. The van der Waals surface area contributed by atoms with Crippen molar-refractivity contribution >= 4 is 23.6 Å². The minimum atomic E-state index is -1.19. The standard InChI is InChI=1S/C15H22FN5O3/c1-9(14(23)24)13(22)18-7-11-6-10(16)8-21(11)12-4-5-17-15(19-12)20(2)3/h4-5,9-11H,6-8H2,1-3H3,(H,18,22)(H,23,24)/t9?,10-,11-/m0/s1. The van der Waals surface area contributed by atoms with Crippen molar-refractivity contribution in [2.24, 2.45) is 5.92 Å². The number of carboxylic acid groups (broad SMARTS) is 1. The highest BCUT2D eigenvalue weighted by Gasteiger charge is 2.34. The van der Waals surface area contributed by atoms with Gasteiger partial charge in [0.25, 0.3) is 0 Å². The molecule has 132 valence electrons. The molecule has 0 aliphatic carbocycles. The summed E-state index contributed by atoms with van der Waals surface area (Å²) in [5, 5.41) is 11.4. The number of aliphatic carboxylic acids is 1. The van der Waals surface area contributed by atoms with Gasteiger partial charge in [-0.05, 0) is 13.0 Å². The number of amides is 1. The van der Waals surface area contributed by atoms with E-state index >= 15 is 0 Å². The van der Waals surface area contributed by atoms with E-state index in [1.54, 1.807) is 22.1 Å². The topological polar surface area (TPSA) is 98.7 Å². The van der Waals surface area contributed by atoms with Crippen LogP contribution in [0.5, 0.6) is 0 Å². The van der Waals surface area contributed by atoms with Gasteiger partial charge >= 0.3 is 5.97 Å². The summed E-state index contributed by atoms with van der Waals surface area (Å²) in [4.78, 5) is 34.7. The normalized spacial score (nSPS) is 21.4. The van der Waals surface area contributed by atoms with Crippen molar-refractivity contribution in [1.29, 1.82) is 0 Å². The smallest absolute Gasteiger partial charge is 0.315 e. The molecule has 1 aliphatic heterocycles. The molecule has 9 heteroatoms. The number of carboxylic acids is 1. The molecule has 3 atom stereocenters. The summed E-state index contributed by atoms with van der Waals surface area (Å²) >= 11 is 0. The zero-order chi connectivity index (χ0) is 17.9. The summed E-state index contributed by atoms with van der Waals surface area (Å²) in [7, 11) is 3.62. The van der Waals surface area contributed by atoms with Crippen LogP contribution in [-0.4, -0.2) is 66.3 Å². The lowest BCUT2D eigenvalue weighted by Gasteiger charge is -2.26. The average molecular weight is 339 g/mol. The van der Waals surface area contributed by atoms with E-state index < -0.39 is 24.0 Å². The Bertz CT molecular complexity index is 613. The highest BCUT2D eigenvalue weighted by atomic mass is 19.1. The van der Waals surface area contributed by atoms with E-state index in [0.29, 0.717) is 11.8 Å². The molecule has 24 heavy (non-hydrogen) atoms. The quantitative estimate of drug-likeness (QED) is 0.719. The predicted octanol–water partition coefficient (Wildman–Crippen LogP) is 0.296. The molecule has 1 aromatic heterocycles. The van der Waals surface area contributed by atoms with Gasteiger partial charge in [-0.1, -0.05) is 0 Å². The van der Waals surface area contributed by atoms with Crippen LogP contribution in [0.2, 0.25) is 0 Å². The van der Waals surface area contributed by atoms with E-state index in [1.807, 2.05) is 14.1 Å². The van der Waals surface area contributed by atoms with E-state index in [-0.39, 0.29) is 25.6 Å².